The van der Waals surface area contributed by atoms with Crippen LogP contribution in [0.1, 0.15) is 31.1 Å². The number of amides is 1. The highest BCUT2D eigenvalue weighted by Gasteiger charge is 2.36. The van der Waals surface area contributed by atoms with Crippen molar-refractivity contribution in [3.05, 3.63) is 21.9 Å². The van der Waals surface area contributed by atoms with Crippen LogP contribution in [0.4, 0.5) is 5.69 Å². The molecular weight excluding hydrogens is 341 g/mol. The Labute approximate surface area is 142 Å². The van der Waals surface area contributed by atoms with Gasteiger partial charge in [-0.25, -0.2) is 4.98 Å². The summed E-state index contributed by atoms with van der Waals surface area (Å²) in [6, 6.07) is 1.40. The highest BCUT2D eigenvalue weighted by Crippen LogP contribution is 2.36. The summed E-state index contributed by atoms with van der Waals surface area (Å²) in [5, 5.41) is 3.03. The molecule has 0 aliphatic carbocycles. The highest BCUT2D eigenvalue weighted by molar-refractivity contribution is 6.74. The zero-order chi connectivity index (χ0) is 17.1. The summed E-state index contributed by atoms with van der Waals surface area (Å²) in [6.45, 7) is 11.7. The molecule has 0 spiro atoms. The lowest BCUT2D eigenvalue weighted by molar-refractivity contribution is 0.0946. The Bertz CT molecular complexity index is 560. The second kappa shape index (κ2) is 7.17. The fraction of sp³-hybridized carbons (Fsp3) is 0.571. The number of hydrogen-bond donors (Lipinski definition) is 2. The van der Waals surface area contributed by atoms with Gasteiger partial charge in [-0.3, -0.25) is 4.79 Å². The first kappa shape index (κ1) is 19.2. The van der Waals surface area contributed by atoms with Gasteiger partial charge in [-0.05, 0) is 24.2 Å². The molecule has 1 aromatic heterocycles. The van der Waals surface area contributed by atoms with Crippen LogP contribution in [0.5, 0.6) is 0 Å². The summed E-state index contributed by atoms with van der Waals surface area (Å²) in [4.78, 5) is 15.9. The number of aromatic nitrogens is 1. The van der Waals surface area contributed by atoms with E-state index < -0.39 is 8.32 Å². The molecule has 0 saturated heterocycles. The Morgan fingerprint density at radius 1 is 1.41 bits per heavy atom. The van der Waals surface area contributed by atoms with E-state index in [0.717, 1.165) is 0 Å². The number of nitrogens with zero attached hydrogens (tertiary/aromatic N) is 1. The molecule has 1 heterocycles. The molecule has 0 unspecified atom stereocenters. The molecule has 0 radical (unpaired) electrons. The Kier molecular flexibility index (Phi) is 6.26. The molecule has 3 N–H and O–H groups in total. The van der Waals surface area contributed by atoms with E-state index in [4.69, 9.17) is 33.4 Å². The number of carbonyl (C=O) groups excluding carboxylic acids is 1. The molecule has 124 valence electrons. The van der Waals surface area contributed by atoms with Crippen molar-refractivity contribution in [1.82, 2.24) is 10.3 Å². The molecule has 1 aromatic rings. The van der Waals surface area contributed by atoms with Crippen molar-refractivity contribution in [2.45, 2.75) is 38.9 Å². The SMILES string of the molecule is CC(C)(C)[Si](C)(C)OCCNC(=O)c1cc(Cl)nc(Cl)c1N. The van der Waals surface area contributed by atoms with E-state index in [-0.39, 0.29) is 32.5 Å². The van der Waals surface area contributed by atoms with E-state index in [1.807, 2.05) is 0 Å². The molecular formula is C14H23Cl2N3O2Si. The maximum atomic E-state index is 12.1. The van der Waals surface area contributed by atoms with Gasteiger partial charge in [-0.1, -0.05) is 44.0 Å². The molecule has 0 aromatic carbocycles. The van der Waals surface area contributed by atoms with Crippen LogP contribution in [-0.4, -0.2) is 32.4 Å². The first-order chi connectivity index (χ1) is 9.95. The van der Waals surface area contributed by atoms with E-state index in [9.17, 15) is 4.79 Å². The summed E-state index contributed by atoms with van der Waals surface area (Å²) >= 11 is 11.6. The number of anilines is 1. The van der Waals surface area contributed by atoms with Crippen LogP contribution >= 0.6 is 23.2 Å². The van der Waals surface area contributed by atoms with Crippen molar-refractivity contribution in [3.8, 4) is 0 Å². The lowest BCUT2D eigenvalue weighted by Gasteiger charge is -2.36. The van der Waals surface area contributed by atoms with Gasteiger partial charge in [0.2, 0.25) is 0 Å². The minimum absolute atomic E-state index is 0.0233. The second-order valence-electron chi connectivity index (χ2n) is 6.56. The van der Waals surface area contributed by atoms with Crippen LogP contribution in [0.3, 0.4) is 0 Å². The Morgan fingerprint density at radius 2 is 2.00 bits per heavy atom. The summed E-state index contributed by atoms with van der Waals surface area (Å²) in [6.07, 6.45) is 0. The van der Waals surface area contributed by atoms with Gasteiger partial charge >= 0.3 is 0 Å². The predicted molar refractivity (Wildman–Crippen MR) is 94.2 cm³/mol. The molecule has 1 rings (SSSR count). The zero-order valence-electron chi connectivity index (χ0n) is 13.6. The van der Waals surface area contributed by atoms with Gasteiger partial charge in [-0.2, -0.15) is 0 Å². The van der Waals surface area contributed by atoms with Gasteiger partial charge in [0.25, 0.3) is 5.91 Å². The molecule has 1 amide bonds. The van der Waals surface area contributed by atoms with Crippen LogP contribution in [-0.2, 0) is 4.43 Å². The molecule has 5 nitrogen and oxygen atoms in total. The summed E-state index contributed by atoms with van der Waals surface area (Å²) < 4.78 is 5.99. The predicted octanol–water partition coefficient (Wildman–Crippen LogP) is 3.72. The molecule has 22 heavy (non-hydrogen) atoms. The molecule has 0 aliphatic heterocycles. The first-order valence-electron chi connectivity index (χ1n) is 6.99. The molecule has 0 saturated carbocycles. The van der Waals surface area contributed by atoms with E-state index >= 15 is 0 Å². The maximum absolute atomic E-state index is 12.1. The van der Waals surface area contributed by atoms with E-state index in [0.29, 0.717) is 13.2 Å². The average molecular weight is 364 g/mol. The monoisotopic (exact) mass is 363 g/mol. The maximum Gasteiger partial charge on any atom is 0.253 e. The number of rotatable bonds is 5. The van der Waals surface area contributed by atoms with Crippen LogP contribution < -0.4 is 11.1 Å². The van der Waals surface area contributed by atoms with Crippen LogP contribution in [0.15, 0.2) is 6.07 Å². The molecule has 0 bridgehead atoms. The third-order valence-corrected chi connectivity index (χ3v) is 8.90. The molecule has 0 atom stereocenters. The van der Waals surface area contributed by atoms with E-state index in [1.54, 1.807) is 0 Å². The minimum atomic E-state index is -1.81. The fourth-order valence-electron chi connectivity index (χ4n) is 1.46. The highest BCUT2D eigenvalue weighted by atomic mass is 35.5. The van der Waals surface area contributed by atoms with Gasteiger partial charge < -0.3 is 15.5 Å². The molecule has 8 heteroatoms. The fourth-order valence-corrected chi connectivity index (χ4v) is 2.94. The van der Waals surface area contributed by atoms with Crippen LogP contribution in [0, 0.1) is 0 Å². The Hall–Kier alpha value is -0.823. The normalized spacial score (nSPS) is 12.3. The molecule has 0 aliphatic rings. The van der Waals surface area contributed by atoms with Gasteiger partial charge in [0.15, 0.2) is 13.5 Å². The lowest BCUT2D eigenvalue weighted by atomic mass is 10.2. The van der Waals surface area contributed by atoms with Crippen molar-refractivity contribution in [2.24, 2.45) is 0 Å². The van der Waals surface area contributed by atoms with E-state index in [1.165, 1.54) is 6.07 Å². The number of nitrogens with two attached hydrogens (primary N) is 1. The van der Waals surface area contributed by atoms with E-state index in [2.05, 4.69) is 44.2 Å². The van der Waals surface area contributed by atoms with Crippen molar-refractivity contribution >= 4 is 43.1 Å². The lowest BCUT2D eigenvalue weighted by Crippen LogP contribution is -2.42. The number of carbonyl (C=O) groups is 1. The Balaban J connectivity index is 2.58. The standard InChI is InChI=1S/C14H23Cl2N3O2Si/c1-14(2,3)22(4,5)21-7-6-18-13(20)9-8-10(15)19-12(16)11(9)17/h8H,6-7,17H2,1-5H3,(H,18,20). The first-order valence-corrected chi connectivity index (χ1v) is 10.7. The molecule has 0 fully saturated rings. The number of nitrogens with one attached hydrogen (secondary N) is 1. The van der Waals surface area contributed by atoms with Gasteiger partial charge in [0.1, 0.15) is 5.15 Å². The third-order valence-electron chi connectivity index (χ3n) is 3.88. The third kappa shape index (κ3) is 4.84. The van der Waals surface area contributed by atoms with Gasteiger partial charge in [-0.15, -0.1) is 0 Å². The number of halogens is 2. The van der Waals surface area contributed by atoms with Gasteiger partial charge in [0, 0.05) is 6.54 Å². The summed E-state index contributed by atoms with van der Waals surface area (Å²) in [5.74, 6) is -0.345. The smallest absolute Gasteiger partial charge is 0.253 e. The van der Waals surface area contributed by atoms with Crippen molar-refractivity contribution in [2.75, 3.05) is 18.9 Å². The topological polar surface area (TPSA) is 77.2 Å². The van der Waals surface area contributed by atoms with Crippen LogP contribution in [0.25, 0.3) is 0 Å². The Morgan fingerprint density at radius 3 is 2.55 bits per heavy atom. The average Bonchev–Trinajstić information content (AvgIpc) is 2.37. The summed E-state index contributed by atoms with van der Waals surface area (Å²) in [5.41, 5.74) is 6.08. The second-order valence-corrected chi connectivity index (χ2v) is 12.1. The van der Waals surface area contributed by atoms with Crippen molar-refractivity contribution in [3.63, 3.8) is 0 Å². The summed E-state index contributed by atoms with van der Waals surface area (Å²) in [7, 11) is -1.81. The minimum Gasteiger partial charge on any atom is -0.415 e. The quantitative estimate of drug-likeness (QED) is 0.474. The zero-order valence-corrected chi connectivity index (χ0v) is 16.1. The van der Waals surface area contributed by atoms with Crippen molar-refractivity contribution in [1.29, 1.82) is 0 Å². The number of pyridine rings is 1. The number of nitrogen functional groups attached to an aromatic ring is 1. The van der Waals surface area contributed by atoms with Crippen molar-refractivity contribution < 1.29 is 9.22 Å². The van der Waals surface area contributed by atoms with Gasteiger partial charge in [0.05, 0.1) is 17.9 Å². The van der Waals surface area contributed by atoms with Crippen LogP contribution in [0.2, 0.25) is 28.4 Å². The number of hydrogen-bond acceptors (Lipinski definition) is 4. The largest absolute Gasteiger partial charge is 0.415 e.